The Hall–Kier alpha value is -3.51. The van der Waals surface area contributed by atoms with Crippen LogP contribution in [0.5, 0.6) is 17.2 Å². The van der Waals surface area contributed by atoms with Crippen LogP contribution in [0, 0.1) is 6.92 Å². The van der Waals surface area contributed by atoms with Gasteiger partial charge in [0, 0.05) is 19.1 Å². The Balaban J connectivity index is 1.66. The number of carbonyl (C=O) groups is 1. The van der Waals surface area contributed by atoms with E-state index >= 15 is 0 Å². The normalized spacial score (nSPS) is 13.3. The van der Waals surface area contributed by atoms with Gasteiger partial charge in [0.15, 0.2) is 23.9 Å². The van der Waals surface area contributed by atoms with Crippen molar-refractivity contribution in [3.63, 3.8) is 0 Å². The van der Waals surface area contributed by atoms with E-state index in [0.717, 1.165) is 0 Å². The molecule has 0 fully saturated rings. The lowest BCUT2D eigenvalue weighted by Gasteiger charge is -2.29. The molecular formula is C20H19ClN4O7S. The summed E-state index contributed by atoms with van der Waals surface area (Å²) in [5, 5.41) is 3.69. The van der Waals surface area contributed by atoms with Crippen LogP contribution in [0.4, 0.5) is 11.4 Å². The van der Waals surface area contributed by atoms with E-state index in [1.165, 1.54) is 43.4 Å². The molecule has 0 bridgehead atoms. The summed E-state index contributed by atoms with van der Waals surface area (Å²) in [5.41, 5.74) is 0.537. The number of nitrogens with one attached hydrogen (secondary N) is 1. The van der Waals surface area contributed by atoms with E-state index in [9.17, 15) is 13.2 Å². The Morgan fingerprint density at radius 3 is 2.61 bits per heavy atom. The number of ether oxygens (including phenoxy) is 3. The summed E-state index contributed by atoms with van der Waals surface area (Å²) in [4.78, 5) is 17.7. The van der Waals surface area contributed by atoms with E-state index in [1.54, 1.807) is 13.0 Å². The van der Waals surface area contributed by atoms with Crippen molar-refractivity contribution in [2.45, 2.75) is 18.4 Å². The average molecular weight is 495 g/mol. The largest absolute Gasteiger partial charge is 0.493 e. The van der Waals surface area contributed by atoms with Crippen molar-refractivity contribution in [1.29, 1.82) is 0 Å². The maximum Gasteiger partial charge on any atom is 0.265 e. The lowest BCUT2D eigenvalue weighted by Crippen LogP contribution is -2.38. The topological polar surface area (TPSA) is 133 Å². The number of benzene rings is 2. The van der Waals surface area contributed by atoms with Crippen LogP contribution in [-0.2, 0) is 21.4 Å². The third kappa shape index (κ3) is 4.52. The van der Waals surface area contributed by atoms with Gasteiger partial charge in [0.05, 0.1) is 37.2 Å². The second kappa shape index (κ2) is 8.79. The fourth-order valence-corrected chi connectivity index (χ4v) is 4.83. The zero-order valence-electron chi connectivity index (χ0n) is 17.8. The Morgan fingerprint density at radius 2 is 1.94 bits per heavy atom. The van der Waals surface area contributed by atoms with Crippen molar-refractivity contribution < 1.29 is 31.9 Å². The number of carbonyl (C=O) groups excluding carboxylic acids is 1. The number of nitrogens with zero attached hydrogens (tertiary/aromatic N) is 3. The quantitative estimate of drug-likeness (QED) is 0.526. The van der Waals surface area contributed by atoms with Crippen LogP contribution in [0.3, 0.4) is 0 Å². The van der Waals surface area contributed by atoms with Gasteiger partial charge in [0.25, 0.3) is 15.9 Å². The highest BCUT2D eigenvalue weighted by Gasteiger charge is 2.31. The molecule has 13 heteroatoms. The Morgan fingerprint density at radius 1 is 1.18 bits per heavy atom. The Labute approximate surface area is 194 Å². The molecule has 0 saturated heterocycles. The molecule has 0 unspecified atom stereocenters. The summed E-state index contributed by atoms with van der Waals surface area (Å²) in [7, 11) is -1.19. The SMILES string of the molecule is COc1ccc(NS(=O)(=O)c2cc3c(cc2Cl)N(Cc2noc(C)n2)C(=O)CO3)cc1OC. The molecule has 3 aromatic rings. The van der Waals surface area contributed by atoms with E-state index in [0.29, 0.717) is 23.1 Å². The van der Waals surface area contributed by atoms with Gasteiger partial charge in [-0.2, -0.15) is 4.98 Å². The molecule has 0 saturated carbocycles. The van der Waals surface area contributed by atoms with Gasteiger partial charge in [-0.1, -0.05) is 16.8 Å². The minimum Gasteiger partial charge on any atom is -0.493 e. The highest BCUT2D eigenvalue weighted by Crippen LogP contribution is 2.40. The maximum absolute atomic E-state index is 13.1. The number of sulfonamides is 1. The van der Waals surface area contributed by atoms with Gasteiger partial charge < -0.3 is 18.7 Å². The summed E-state index contributed by atoms with van der Waals surface area (Å²) in [5.74, 6) is 1.25. The van der Waals surface area contributed by atoms with Crippen LogP contribution in [-0.4, -0.2) is 45.3 Å². The van der Waals surface area contributed by atoms with Gasteiger partial charge in [0.2, 0.25) is 5.89 Å². The van der Waals surface area contributed by atoms with Crippen LogP contribution >= 0.6 is 11.6 Å². The first-order chi connectivity index (χ1) is 15.7. The number of rotatable bonds is 7. The molecule has 2 heterocycles. The molecule has 0 radical (unpaired) electrons. The lowest BCUT2D eigenvalue weighted by molar-refractivity contribution is -0.121. The van der Waals surface area contributed by atoms with Gasteiger partial charge in [-0.05, 0) is 18.2 Å². The highest BCUT2D eigenvalue weighted by molar-refractivity contribution is 7.92. The molecule has 1 aliphatic rings. The summed E-state index contributed by atoms with van der Waals surface area (Å²) < 4.78 is 49.4. The Bertz CT molecular complexity index is 1330. The van der Waals surface area contributed by atoms with Crippen LogP contribution in [0.25, 0.3) is 0 Å². The second-order valence-electron chi connectivity index (χ2n) is 6.92. The minimum atomic E-state index is -4.11. The van der Waals surface area contributed by atoms with E-state index in [1.807, 2.05) is 0 Å². The van der Waals surface area contributed by atoms with E-state index in [-0.39, 0.29) is 46.2 Å². The molecule has 1 aromatic heterocycles. The summed E-state index contributed by atoms with van der Waals surface area (Å²) in [6.45, 7) is 1.36. The predicted octanol–water partition coefficient (Wildman–Crippen LogP) is 2.78. The molecule has 0 aliphatic carbocycles. The van der Waals surface area contributed by atoms with E-state index in [2.05, 4.69) is 14.9 Å². The van der Waals surface area contributed by atoms with Crippen LogP contribution < -0.4 is 23.8 Å². The minimum absolute atomic E-state index is 0.0127. The molecule has 0 spiro atoms. The third-order valence-corrected chi connectivity index (χ3v) is 6.60. The average Bonchev–Trinajstić information content (AvgIpc) is 3.19. The standard InChI is InChI=1S/C20H19ClN4O7S/c1-11-22-19(23-32-11)9-25-14-7-13(21)18(8-16(14)31-10-20(25)26)33(27,28)24-12-4-5-15(29-2)17(6-12)30-3/h4-8,24H,9-10H2,1-3H3. The van der Waals surface area contributed by atoms with Crippen molar-refractivity contribution in [2.75, 3.05) is 30.4 Å². The van der Waals surface area contributed by atoms with Crippen molar-refractivity contribution in [2.24, 2.45) is 0 Å². The van der Waals surface area contributed by atoms with Gasteiger partial charge in [0.1, 0.15) is 10.6 Å². The van der Waals surface area contributed by atoms with E-state index < -0.39 is 10.0 Å². The second-order valence-corrected chi connectivity index (χ2v) is 8.98. The first kappa shape index (κ1) is 22.7. The predicted molar refractivity (Wildman–Crippen MR) is 118 cm³/mol. The number of anilines is 2. The molecule has 33 heavy (non-hydrogen) atoms. The molecule has 4 rings (SSSR count). The number of aromatic nitrogens is 2. The van der Waals surface area contributed by atoms with Gasteiger partial charge in [-0.15, -0.1) is 0 Å². The van der Waals surface area contributed by atoms with Crippen molar-refractivity contribution in [3.8, 4) is 17.2 Å². The number of methoxy groups -OCH3 is 2. The third-order valence-electron chi connectivity index (χ3n) is 4.75. The molecule has 1 N–H and O–H groups in total. The van der Waals surface area contributed by atoms with Crippen LogP contribution in [0.15, 0.2) is 39.8 Å². The smallest absolute Gasteiger partial charge is 0.265 e. The maximum atomic E-state index is 13.1. The first-order valence-corrected chi connectivity index (χ1v) is 11.4. The monoisotopic (exact) mass is 494 g/mol. The molecule has 1 amide bonds. The highest BCUT2D eigenvalue weighted by atomic mass is 35.5. The summed E-state index contributed by atoms with van der Waals surface area (Å²) in [6.07, 6.45) is 0. The number of hydrogen-bond acceptors (Lipinski definition) is 9. The van der Waals surface area contributed by atoms with E-state index in [4.69, 9.17) is 30.3 Å². The number of amides is 1. The molecule has 11 nitrogen and oxygen atoms in total. The number of hydrogen-bond donors (Lipinski definition) is 1. The molecule has 174 valence electrons. The van der Waals surface area contributed by atoms with Gasteiger partial charge in [-0.3, -0.25) is 14.4 Å². The molecular weight excluding hydrogens is 476 g/mol. The summed E-state index contributed by atoms with van der Waals surface area (Å²) in [6, 6.07) is 7.19. The van der Waals surface area contributed by atoms with Gasteiger partial charge in [-0.25, -0.2) is 8.42 Å². The molecule has 2 aromatic carbocycles. The van der Waals surface area contributed by atoms with Crippen LogP contribution in [0.2, 0.25) is 5.02 Å². The number of aryl methyl sites for hydroxylation is 1. The number of halogens is 1. The zero-order valence-corrected chi connectivity index (χ0v) is 19.4. The number of fused-ring (bicyclic) bond motifs is 1. The van der Waals surface area contributed by atoms with Crippen molar-refractivity contribution in [1.82, 2.24) is 10.1 Å². The van der Waals surface area contributed by atoms with Crippen molar-refractivity contribution >= 4 is 38.9 Å². The van der Waals surface area contributed by atoms with Crippen molar-refractivity contribution in [3.05, 3.63) is 47.1 Å². The van der Waals surface area contributed by atoms with Crippen LogP contribution in [0.1, 0.15) is 11.7 Å². The van der Waals surface area contributed by atoms with Gasteiger partial charge >= 0.3 is 0 Å². The molecule has 1 aliphatic heterocycles. The fourth-order valence-electron chi connectivity index (χ4n) is 3.24. The first-order valence-electron chi connectivity index (χ1n) is 9.52. The zero-order chi connectivity index (χ0) is 23.8. The fraction of sp³-hybridized carbons (Fsp3) is 0.250. The lowest BCUT2D eigenvalue weighted by atomic mass is 10.2. The Kier molecular flexibility index (Phi) is 6.04. The summed E-state index contributed by atoms with van der Waals surface area (Å²) >= 11 is 6.33. The molecule has 0 atom stereocenters.